The Morgan fingerprint density at radius 1 is 1.20 bits per heavy atom. The molecule has 3 heteroatoms. The van der Waals surface area contributed by atoms with E-state index in [0.29, 0.717) is 11.8 Å². The zero-order valence-electron chi connectivity index (χ0n) is 11.5. The molecule has 0 saturated heterocycles. The van der Waals surface area contributed by atoms with Gasteiger partial charge in [0.25, 0.3) is 0 Å². The second-order valence-electron chi connectivity index (χ2n) is 5.56. The summed E-state index contributed by atoms with van der Waals surface area (Å²) in [5.74, 6) is 6.57. The highest BCUT2D eigenvalue weighted by molar-refractivity contribution is 5.34. The van der Waals surface area contributed by atoms with Crippen LogP contribution >= 0.6 is 0 Å². The van der Waals surface area contributed by atoms with Crippen molar-refractivity contribution in [2.75, 3.05) is 0 Å². The van der Waals surface area contributed by atoms with E-state index in [2.05, 4.69) is 29.7 Å². The Labute approximate surface area is 118 Å². The topological polar surface area (TPSA) is 38.0 Å². The Morgan fingerprint density at radius 2 is 1.95 bits per heavy atom. The number of hydrazine groups is 1. The van der Waals surface area contributed by atoms with Gasteiger partial charge in [0.2, 0.25) is 0 Å². The van der Waals surface area contributed by atoms with Crippen LogP contribution in [0.25, 0.3) is 0 Å². The molecular formula is C17H19FN2. The monoisotopic (exact) mass is 270 g/mol. The summed E-state index contributed by atoms with van der Waals surface area (Å²) in [7, 11) is 0. The van der Waals surface area contributed by atoms with Crippen molar-refractivity contribution in [3.8, 4) is 0 Å². The summed E-state index contributed by atoms with van der Waals surface area (Å²) in [6.45, 7) is 1.93. The molecule has 3 atom stereocenters. The number of benzene rings is 2. The van der Waals surface area contributed by atoms with E-state index < -0.39 is 0 Å². The van der Waals surface area contributed by atoms with Gasteiger partial charge in [-0.2, -0.15) is 0 Å². The highest BCUT2D eigenvalue weighted by Crippen LogP contribution is 2.54. The third kappa shape index (κ3) is 2.47. The maximum absolute atomic E-state index is 13.2. The zero-order valence-corrected chi connectivity index (χ0v) is 11.5. The van der Waals surface area contributed by atoms with E-state index in [4.69, 9.17) is 5.84 Å². The standard InChI is InChI=1S/C17H19FN2/c1-11-9-13(18)7-8-14(11)17(20-19)16-10-15(16)12-5-3-2-4-6-12/h2-9,15-17,20H,10,19H2,1H3. The first-order chi connectivity index (χ1) is 9.70. The van der Waals surface area contributed by atoms with E-state index in [1.54, 1.807) is 6.07 Å². The van der Waals surface area contributed by atoms with Crippen LogP contribution in [-0.2, 0) is 0 Å². The van der Waals surface area contributed by atoms with Crippen molar-refractivity contribution in [1.29, 1.82) is 0 Å². The molecule has 3 unspecified atom stereocenters. The van der Waals surface area contributed by atoms with Crippen molar-refractivity contribution < 1.29 is 4.39 Å². The fourth-order valence-electron chi connectivity index (χ4n) is 3.10. The molecule has 0 aliphatic heterocycles. The zero-order chi connectivity index (χ0) is 14.1. The molecule has 0 heterocycles. The highest BCUT2D eigenvalue weighted by Gasteiger charge is 2.44. The molecule has 0 amide bonds. The Hall–Kier alpha value is -1.71. The van der Waals surface area contributed by atoms with Crippen LogP contribution < -0.4 is 11.3 Å². The van der Waals surface area contributed by atoms with Gasteiger partial charge in [0.05, 0.1) is 0 Å². The molecule has 3 rings (SSSR count). The average molecular weight is 270 g/mol. The van der Waals surface area contributed by atoms with Crippen LogP contribution in [0.2, 0.25) is 0 Å². The van der Waals surface area contributed by atoms with Gasteiger partial charge in [0.1, 0.15) is 5.82 Å². The molecule has 104 valence electrons. The molecule has 2 aromatic carbocycles. The fraction of sp³-hybridized carbons (Fsp3) is 0.294. The molecule has 2 aromatic rings. The lowest BCUT2D eigenvalue weighted by molar-refractivity contribution is 0.484. The third-order valence-electron chi connectivity index (χ3n) is 4.24. The van der Waals surface area contributed by atoms with Crippen LogP contribution in [-0.4, -0.2) is 0 Å². The van der Waals surface area contributed by atoms with Crippen molar-refractivity contribution in [2.45, 2.75) is 25.3 Å². The number of hydrogen-bond donors (Lipinski definition) is 2. The molecule has 1 saturated carbocycles. The SMILES string of the molecule is Cc1cc(F)ccc1C(NN)C1CC1c1ccccc1. The van der Waals surface area contributed by atoms with Gasteiger partial charge in [-0.1, -0.05) is 36.4 Å². The van der Waals surface area contributed by atoms with Crippen LogP contribution in [0.15, 0.2) is 48.5 Å². The summed E-state index contributed by atoms with van der Waals surface area (Å²) in [5, 5.41) is 0. The predicted octanol–water partition coefficient (Wildman–Crippen LogP) is 3.44. The fourth-order valence-corrected chi connectivity index (χ4v) is 3.10. The Kier molecular flexibility index (Phi) is 3.55. The van der Waals surface area contributed by atoms with Gasteiger partial charge in [-0.05, 0) is 54.0 Å². The smallest absolute Gasteiger partial charge is 0.123 e. The van der Waals surface area contributed by atoms with Crippen molar-refractivity contribution >= 4 is 0 Å². The number of nitrogens with one attached hydrogen (secondary N) is 1. The van der Waals surface area contributed by atoms with Gasteiger partial charge >= 0.3 is 0 Å². The molecule has 1 aliphatic rings. The highest BCUT2D eigenvalue weighted by atomic mass is 19.1. The Balaban J connectivity index is 1.82. The van der Waals surface area contributed by atoms with Gasteiger partial charge < -0.3 is 0 Å². The summed E-state index contributed by atoms with van der Waals surface area (Å²) in [4.78, 5) is 0. The molecule has 1 aliphatic carbocycles. The van der Waals surface area contributed by atoms with Crippen molar-refractivity contribution in [3.63, 3.8) is 0 Å². The molecule has 2 nitrogen and oxygen atoms in total. The first-order valence-electron chi connectivity index (χ1n) is 6.98. The Morgan fingerprint density at radius 3 is 2.60 bits per heavy atom. The number of rotatable bonds is 4. The summed E-state index contributed by atoms with van der Waals surface area (Å²) < 4.78 is 13.2. The minimum absolute atomic E-state index is 0.0841. The first-order valence-corrected chi connectivity index (χ1v) is 6.98. The minimum Gasteiger partial charge on any atom is -0.271 e. The predicted molar refractivity (Wildman–Crippen MR) is 78.5 cm³/mol. The Bertz CT molecular complexity index is 597. The molecular weight excluding hydrogens is 251 g/mol. The van der Waals surface area contributed by atoms with E-state index in [1.807, 2.05) is 19.1 Å². The third-order valence-corrected chi connectivity index (χ3v) is 4.24. The van der Waals surface area contributed by atoms with Crippen molar-refractivity contribution in [2.24, 2.45) is 11.8 Å². The average Bonchev–Trinajstić information content (AvgIpc) is 3.23. The van der Waals surface area contributed by atoms with Gasteiger partial charge in [0.15, 0.2) is 0 Å². The van der Waals surface area contributed by atoms with E-state index in [-0.39, 0.29) is 11.9 Å². The molecule has 0 bridgehead atoms. The van der Waals surface area contributed by atoms with Crippen LogP contribution in [0.1, 0.15) is 35.1 Å². The van der Waals surface area contributed by atoms with Crippen LogP contribution in [0.3, 0.4) is 0 Å². The van der Waals surface area contributed by atoms with Crippen LogP contribution in [0.5, 0.6) is 0 Å². The maximum atomic E-state index is 13.2. The van der Waals surface area contributed by atoms with Gasteiger partial charge in [-0.15, -0.1) is 0 Å². The van der Waals surface area contributed by atoms with Gasteiger partial charge in [0, 0.05) is 6.04 Å². The summed E-state index contributed by atoms with van der Waals surface area (Å²) in [5.41, 5.74) is 6.32. The molecule has 0 aromatic heterocycles. The molecule has 0 spiro atoms. The number of nitrogens with two attached hydrogens (primary N) is 1. The van der Waals surface area contributed by atoms with Gasteiger partial charge in [-0.3, -0.25) is 11.3 Å². The first kappa shape index (κ1) is 13.3. The van der Waals surface area contributed by atoms with Crippen LogP contribution in [0, 0.1) is 18.7 Å². The second kappa shape index (κ2) is 5.35. The van der Waals surface area contributed by atoms with E-state index in [1.165, 1.54) is 11.6 Å². The summed E-state index contributed by atoms with van der Waals surface area (Å²) >= 11 is 0. The van der Waals surface area contributed by atoms with Crippen molar-refractivity contribution in [1.82, 2.24) is 5.43 Å². The lowest BCUT2D eigenvalue weighted by Crippen LogP contribution is -2.30. The van der Waals surface area contributed by atoms with Crippen molar-refractivity contribution in [3.05, 3.63) is 71.0 Å². The minimum atomic E-state index is -0.197. The second-order valence-corrected chi connectivity index (χ2v) is 5.56. The van der Waals surface area contributed by atoms with E-state index in [9.17, 15) is 4.39 Å². The molecule has 1 fully saturated rings. The number of hydrogen-bond acceptors (Lipinski definition) is 2. The normalized spacial score (nSPS) is 22.6. The summed E-state index contributed by atoms with van der Waals surface area (Å²) in [6.07, 6.45) is 1.12. The van der Waals surface area contributed by atoms with E-state index >= 15 is 0 Å². The maximum Gasteiger partial charge on any atom is 0.123 e. The quantitative estimate of drug-likeness (QED) is 0.659. The molecule has 3 N–H and O–H groups in total. The number of halogens is 1. The molecule has 20 heavy (non-hydrogen) atoms. The largest absolute Gasteiger partial charge is 0.271 e. The molecule has 0 radical (unpaired) electrons. The van der Waals surface area contributed by atoms with E-state index in [0.717, 1.165) is 17.5 Å². The summed E-state index contributed by atoms with van der Waals surface area (Å²) in [6, 6.07) is 15.5. The number of aryl methyl sites for hydroxylation is 1. The lowest BCUT2D eigenvalue weighted by atomic mass is 9.95. The lowest BCUT2D eigenvalue weighted by Gasteiger charge is -2.19. The van der Waals surface area contributed by atoms with Gasteiger partial charge in [-0.25, -0.2) is 4.39 Å². The van der Waals surface area contributed by atoms with Crippen LogP contribution in [0.4, 0.5) is 4.39 Å².